The van der Waals surface area contributed by atoms with Crippen molar-refractivity contribution in [2.45, 2.75) is 45.2 Å². The van der Waals surface area contributed by atoms with Crippen LogP contribution in [0.3, 0.4) is 0 Å². The summed E-state index contributed by atoms with van der Waals surface area (Å²) in [5.41, 5.74) is 0.338. The summed E-state index contributed by atoms with van der Waals surface area (Å²) >= 11 is 0. The maximum atomic E-state index is 12.5. The van der Waals surface area contributed by atoms with Crippen molar-refractivity contribution in [3.05, 3.63) is 16.6 Å². The van der Waals surface area contributed by atoms with E-state index in [0.29, 0.717) is 23.0 Å². The van der Waals surface area contributed by atoms with Gasteiger partial charge < -0.3 is 9.80 Å². The normalized spacial score (nSPS) is 23.3. The molecule has 0 amide bonds. The van der Waals surface area contributed by atoms with Gasteiger partial charge in [0.2, 0.25) is 5.95 Å². The summed E-state index contributed by atoms with van der Waals surface area (Å²) in [6.45, 7) is 12.4. The number of likely N-dealkylation sites (N-methyl/N-ethyl adjacent to an activating group) is 1. The predicted molar refractivity (Wildman–Crippen MR) is 107 cm³/mol. The second kappa shape index (κ2) is 6.91. The predicted octanol–water partition coefficient (Wildman–Crippen LogP) is 1.09. The van der Waals surface area contributed by atoms with Crippen molar-refractivity contribution in [3.63, 3.8) is 0 Å². The first-order valence-corrected chi connectivity index (χ1v) is 9.99. The van der Waals surface area contributed by atoms with Gasteiger partial charge in [-0.2, -0.15) is 10.1 Å². The molecule has 2 aliphatic heterocycles. The fourth-order valence-electron chi connectivity index (χ4n) is 4.28. The van der Waals surface area contributed by atoms with Gasteiger partial charge in [0.25, 0.3) is 5.56 Å². The van der Waals surface area contributed by atoms with E-state index in [1.54, 1.807) is 6.20 Å². The zero-order valence-corrected chi connectivity index (χ0v) is 16.9. The third-order valence-electron chi connectivity index (χ3n) is 5.79. The molecule has 2 saturated heterocycles. The molecule has 0 saturated carbocycles. The number of rotatable bonds is 2. The van der Waals surface area contributed by atoms with Crippen molar-refractivity contribution in [1.29, 1.82) is 0 Å². The highest BCUT2D eigenvalue weighted by molar-refractivity contribution is 5.74. The number of anilines is 1. The van der Waals surface area contributed by atoms with E-state index in [2.05, 4.69) is 52.6 Å². The van der Waals surface area contributed by atoms with Crippen molar-refractivity contribution in [2.24, 2.45) is 0 Å². The Balaban J connectivity index is 1.53. The molecule has 148 valence electrons. The molecule has 1 N–H and O–H groups in total. The molecule has 27 heavy (non-hydrogen) atoms. The summed E-state index contributed by atoms with van der Waals surface area (Å²) in [5, 5.41) is 4.95. The van der Waals surface area contributed by atoms with Crippen molar-refractivity contribution in [1.82, 2.24) is 29.5 Å². The minimum absolute atomic E-state index is 0.109. The highest BCUT2D eigenvalue weighted by atomic mass is 16.1. The molecule has 2 aromatic heterocycles. The highest BCUT2D eigenvalue weighted by Gasteiger charge is 2.28. The molecule has 8 heteroatoms. The Hall–Kier alpha value is -1.93. The second-order valence-electron chi connectivity index (χ2n) is 8.94. The van der Waals surface area contributed by atoms with Crippen LogP contribution in [0.2, 0.25) is 0 Å². The zero-order valence-electron chi connectivity index (χ0n) is 16.9. The lowest BCUT2D eigenvalue weighted by Gasteiger charge is -2.42. The molecule has 2 fully saturated rings. The quantitative estimate of drug-likeness (QED) is 0.850. The standard InChI is InChI=1S/C19H31N7O/c1-19(2,3)26-16-15(12-20-26)17(27)22-18(21-16)25-10-8-24(9-11-25)14-6-5-7-23(4)13-14/h12,14H,5-11,13H2,1-4H3,(H,21,22,27). The van der Waals surface area contributed by atoms with E-state index in [4.69, 9.17) is 4.98 Å². The third kappa shape index (κ3) is 3.60. The van der Waals surface area contributed by atoms with Gasteiger partial charge in [-0.15, -0.1) is 0 Å². The molecule has 4 rings (SSSR count). The minimum atomic E-state index is -0.217. The Bertz CT molecular complexity index is 857. The van der Waals surface area contributed by atoms with E-state index >= 15 is 0 Å². The Morgan fingerprint density at radius 2 is 1.89 bits per heavy atom. The van der Waals surface area contributed by atoms with E-state index in [1.165, 1.54) is 19.4 Å². The summed E-state index contributed by atoms with van der Waals surface area (Å²) in [5.74, 6) is 0.666. The number of nitrogens with one attached hydrogen (secondary N) is 1. The molecular formula is C19H31N7O. The van der Waals surface area contributed by atoms with Crippen molar-refractivity contribution >= 4 is 17.0 Å². The Morgan fingerprint density at radius 1 is 1.15 bits per heavy atom. The fraction of sp³-hybridized carbons (Fsp3) is 0.737. The second-order valence-corrected chi connectivity index (χ2v) is 8.94. The Morgan fingerprint density at radius 3 is 2.56 bits per heavy atom. The topological polar surface area (TPSA) is 73.3 Å². The SMILES string of the molecule is CN1CCCC(N2CCN(c3nc4c(cnn4C(C)(C)C)c(=O)[nH]3)CC2)C1. The van der Waals surface area contributed by atoms with Crippen molar-refractivity contribution in [3.8, 4) is 0 Å². The zero-order chi connectivity index (χ0) is 19.2. The van der Waals surface area contributed by atoms with Gasteiger partial charge >= 0.3 is 0 Å². The number of likely N-dealkylation sites (tertiary alicyclic amines) is 1. The number of aromatic amines is 1. The Labute approximate surface area is 160 Å². The third-order valence-corrected chi connectivity index (χ3v) is 5.79. The molecule has 4 heterocycles. The van der Waals surface area contributed by atoms with Crippen LogP contribution in [0.25, 0.3) is 11.0 Å². The molecule has 2 aromatic rings. The van der Waals surface area contributed by atoms with Crippen molar-refractivity contribution < 1.29 is 0 Å². The van der Waals surface area contributed by atoms with Gasteiger partial charge in [0.15, 0.2) is 5.65 Å². The number of hydrogen-bond acceptors (Lipinski definition) is 6. The van der Waals surface area contributed by atoms with E-state index < -0.39 is 0 Å². The smallest absolute Gasteiger partial charge is 0.263 e. The maximum Gasteiger partial charge on any atom is 0.263 e. The van der Waals surface area contributed by atoms with E-state index in [9.17, 15) is 4.79 Å². The number of aromatic nitrogens is 4. The fourth-order valence-corrected chi connectivity index (χ4v) is 4.28. The van der Waals surface area contributed by atoms with Crippen LogP contribution in [0.15, 0.2) is 11.0 Å². The molecule has 0 aromatic carbocycles. The lowest BCUT2D eigenvalue weighted by Crippen LogP contribution is -2.55. The van der Waals surface area contributed by atoms with Crippen LogP contribution in [-0.2, 0) is 5.54 Å². The van der Waals surface area contributed by atoms with Gasteiger partial charge in [-0.1, -0.05) is 0 Å². The first-order chi connectivity index (χ1) is 12.8. The average molecular weight is 374 g/mol. The van der Waals surface area contributed by atoms with Gasteiger partial charge in [0, 0.05) is 38.8 Å². The number of H-pyrrole nitrogens is 1. The maximum absolute atomic E-state index is 12.5. The number of fused-ring (bicyclic) bond motifs is 1. The summed E-state index contributed by atoms with van der Waals surface area (Å²) in [7, 11) is 2.21. The van der Waals surface area contributed by atoms with Gasteiger partial charge in [-0.05, 0) is 47.2 Å². The highest BCUT2D eigenvalue weighted by Crippen LogP contribution is 2.21. The Kier molecular flexibility index (Phi) is 4.71. The molecule has 1 unspecified atom stereocenters. The molecule has 0 radical (unpaired) electrons. The van der Waals surface area contributed by atoms with Crippen LogP contribution in [0.1, 0.15) is 33.6 Å². The van der Waals surface area contributed by atoms with Crippen LogP contribution >= 0.6 is 0 Å². The van der Waals surface area contributed by atoms with E-state index in [-0.39, 0.29) is 11.1 Å². The largest absolute Gasteiger partial charge is 0.340 e. The lowest BCUT2D eigenvalue weighted by molar-refractivity contribution is 0.106. The molecular weight excluding hydrogens is 342 g/mol. The summed E-state index contributed by atoms with van der Waals surface area (Å²) in [4.78, 5) is 27.5. The molecule has 0 aliphatic carbocycles. The van der Waals surface area contributed by atoms with Crippen molar-refractivity contribution in [2.75, 3.05) is 51.2 Å². The van der Waals surface area contributed by atoms with Crippen LogP contribution in [0.4, 0.5) is 5.95 Å². The molecule has 2 aliphatic rings. The van der Waals surface area contributed by atoms with Gasteiger partial charge in [0.05, 0.1) is 11.7 Å². The minimum Gasteiger partial charge on any atom is -0.340 e. The summed E-state index contributed by atoms with van der Waals surface area (Å²) < 4.78 is 1.84. The lowest BCUT2D eigenvalue weighted by atomic mass is 10.0. The molecule has 8 nitrogen and oxygen atoms in total. The van der Waals surface area contributed by atoms with Crippen LogP contribution in [0, 0.1) is 0 Å². The first-order valence-electron chi connectivity index (χ1n) is 9.99. The van der Waals surface area contributed by atoms with Crippen LogP contribution in [0.5, 0.6) is 0 Å². The van der Waals surface area contributed by atoms with Gasteiger partial charge in [-0.3, -0.25) is 14.7 Å². The van der Waals surface area contributed by atoms with Gasteiger partial charge in [-0.25, -0.2) is 4.68 Å². The van der Waals surface area contributed by atoms with Crippen LogP contribution in [-0.4, -0.2) is 81.9 Å². The summed E-state index contributed by atoms with van der Waals surface area (Å²) in [6.07, 6.45) is 4.19. The van der Waals surface area contributed by atoms with Gasteiger partial charge in [0.1, 0.15) is 5.39 Å². The van der Waals surface area contributed by atoms with E-state index in [1.807, 2.05) is 4.68 Å². The monoisotopic (exact) mass is 373 g/mol. The molecule has 0 bridgehead atoms. The average Bonchev–Trinajstić information content (AvgIpc) is 3.07. The summed E-state index contributed by atoms with van der Waals surface area (Å²) in [6, 6.07) is 0.655. The number of piperazine rings is 1. The number of hydrogen-bond donors (Lipinski definition) is 1. The first kappa shape index (κ1) is 18.4. The van der Waals surface area contributed by atoms with Crippen LogP contribution < -0.4 is 10.5 Å². The number of nitrogens with zero attached hydrogens (tertiary/aromatic N) is 6. The van der Waals surface area contributed by atoms with E-state index in [0.717, 1.165) is 32.7 Å². The molecule has 0 spiro atoms. The number of piperidine rings is 1. The molecule has 1 atom stereocenters.